The summed E-state index contributed by atoms with van der Waals surface area (Å²) in [7, 11) is -1.85. The fourth-order valence-corrected chi connectivity index (χ4v) is 6.38. The zero-order chi connectivity index (χ0) is 26.8. The van der Waals surface area contributed by atoms with Gasteiger partial charge in [0.1, 0.15) is 5.82 Å². The molecule has 1 aliphatic carbocycles. The number of hydrogen-bond acceptors (Lipinski definition) is 6. The fourth-order valence-electron chi connectivity index (χ4n) is 5.86. The van der Waals surface area contributed by atoms with E-state index in [1.165, 1.54) is 12.1 Å². The molecule has 1 aliphatic heterocycles. The predicted molar refractivity (Wildman–Crippen MR) is 146 cm³/mol. The van der Waals surface area contributed by atoms with Crippen LogP contribution in [0.2, 0.25) is 0 Å². The molecule has 4 N–H and O–H groups in total. The highest BCUT2D eigenvalue weighted by Crippen LogP contribution is 2.47. The maximum Gasteiger partial charge on any atom is 0.238 e. The molecular weight excluding hydrogens is 498 g/mol. The second-order valence-electron chi connectivity index (χ2n) is 9.71. The number of carbonyl (C=O) groups is 1. The molecule has 8 nitrogen and oxygen atoms in total. The maximum absolute atomic E-state index is 13.5. The van der Waals surface area contributed by atoms with Crippen molar-refractivity contribution in [2.24, 2.45) is 17.9 Å². The number of nitrogens with two attached hydrogens (primary N) is 2. The Labute approximate surface area is 220 Å². The van der Waals surface area contributed by atoms with Gasteiger partial charge >= 0.3 is 0 Å². The van der Waals surface area contributed by atoms with Gasteiger partial charge in [-0.3, -0.25) is 9.69 Å². The van der Waals surface area contributed by atoms with Crippen molar-refractivity contribution in [1.29, 1.82) is 5.26 Å². The quantitative estimate of drug-likeness (QED) is 0.411. The number of carbonyl (C=O) groups excluding carboxylic acids is 1. The molecule has 2 aliphatic rings. The number of para-hydroxylation sites is 1. The van der Waals surface area contributed by atoms with Gasteiger partial charge in [-0.15, -0.1) is 0 Å². The van der Waals surface area contributed by atoms with E-state index in [2.05, 4.69) is 28.8 Å². The van der Waals surface area contributed by atoms with Crippen LogP contribution in [0.25, 0.3) is 21.8 Å². The summed E-state index contributed by atoms with van der Waals surface area (Å²) in [6.45, 7) is 0. The lowest BCUT2D eigenvalue weighted by atomic mass is 9.75. The largest absolute Gasteiger partial charge is 0.384 e. The van der Waals surface area contributed by atoms with E-state index in [9.17, 15) is 18.5 Å². The molecule has 190 valence electrons. The minimum absolute atomic E-state index is 0.0133. The second kappa shape index (κ2) is 8.58. The van der Waals surface area contributed by atoms with Gasteiger partial charge in [-0.1, -0.05) is 24.3 Å². The minimum atomic E-state index is -3.87. The molecular formula is C29H25N5O3S. The van der Waals surface area contributed by atoms with Crippen LogP contribution >= 0.6 is 0 Å². The number of nitriles is 1. The maximum atomic E-state index is 13.5. The van der Waals surface area contributed by atoms with Crippen LogP contribution in [0, 0.1) is 11.3 Å². The number of ketones is 1. The Morgan fingerprint density at radius 3 is 2.39 bits per heavy atom. The van der Waals surface area contributed by atoms with Gasteiger partial charge < -0.3 is 10.3 Å². The summed E-state index contributed by atoms with van der Waals surface area (Å²) in [5.41, 5.74) is 11.8. The van der Waals surface area contributed by atoms with Crippen molar-refractivity contribution in [3.63, 3.8) is 0 Å². The van der Waals surface area contributed by atoms with Crippen molar-refractivity contribution in [1.82, 2.24) is 4.57 Å². The Kier molecular flexibility index (Phi) is 5.42. The van der Waals surface area contributed by atoms with Gasteiger partial charge in [-0.25, -0.2) is 13.6 Å². The summed E-state index contributed by atoms with van der Waals surface area (Å²) in [6, 6.07) is 22.5. The van der Waals surface area contributed by atoms with Crippen LogP contribution in [0.4, 0.5) is 5.69 Å². The molecule has 0 saturated carbocycles. The number of sulfonamides is 1. The first-order valence-electron chi connectivity index (χ1n) is 12.3. The number of allylic oxidation sites excluding steroid dienone is 3. The third-order valence-electron chi connectivity index (χ3n) is 7.61. The number of primary sulfonamides is 1. The van der Waals surface area contributed by atoms with Crippen molar-refractivity contribution in [2.75, 3.05) is 4.90 Å². The average Bonchev–Trinajstić information content (AvgIpc) is 3.19. The van der Waals surface area contributed by atoms with Gasteiger partial charge in [0.15, 0.2) is 5.78 Å². The fraction of sp³-hybridized carbons (Fsp3) is 0.172. The van der Waals surface area contributed by atoms with Gasteiger partial charge in [0.2, 0.25) is 10.0 Å². The highest BCUT2D eigenvalue weighted by Gasteiger charge is 2.40. The lowest BCUT2D eigenvalue weighted by Crippen LogP contribution is -2.38. The SMILES string of the molecule is Cn1c2ccccc2c2cc([C@@H]3C(C#N)=C(N)N(c4ccc(S(N)(=O)=O)cc4)C4=C3C(=O)CCC4)ccc21. The summed E-state index contributed by atoms with van der Waals surface area (Å²) in [5, 5.41) is 17.7. The summed E-state index contributed by atoms with van der Waals surface area (Å²) in [5.74, 6) is -0.376. The van der Waals surface area contributed by atoms with E-state index in [1.54, 1.807) is 17.0 Å². The summed E-state index contributed by atoms with van der Waals surface area (Å²) in [4.78, 5) is 15.1. The number of nitrogens with zero attached hydrogens (tertiary/aromatic N) is 3. The molecule has 0 saturated heterocycles. The summed E-state index contributed by atoms with van der Waals surface area (Å²) in [6.07, 6.45) is 1.65. The van der Waals surface area contributed by atoms with E-state index >= 15 is 0 Å². The number of benzene rings is 3. The van der Waals surface area contributed by atoms with Crippen molar-refractivity contribution < 1.29 is 13.2 Å². The molecule has 6 rings (SSSR count). The van der Waals surface area contributed by atoms with Crippen LogP contribution < -0.4 is 15.8 Å². The van der Waals surface area contributed by atoms with Crippen molar-refractivity contribution >= 4 is 43.3 Å². The van der Waals surface area contributed by atoms with E-state index in [0.29, 0.717) is 30.5 Å². The normalized spacial score (nSPS) is 18.3. The Bertz CT molecular complexity index is 1880. The molecule has 9 heteroatoms. The van der Waals surface area contributed by atoms with E-state index in [4.69, 9.17) is 10.9 Å². The third-order valence-corrected chi connectivity index (χ3v) is 8.54. The second-order valence-corrected chi connectivity index (χ2v) is 11.3. The molecule has 0 spiro atoms. The molecule has 1 aromatic heterocycles. The molecule has 0 bridgehead atoms. The lowest BCUT2D eigenvalue weighted by Gasteiger charge is -2.39. The van der Waals surface area contributed by atoms with Crippen LogP contribution in [-0.2, 0) is 21.9 Å². The molecule has 2 heterocycles. The van der Waals surface area contributed by atoms with E-state index < -0.39 is 15.9 Å². The minimum Gasteiger partial charge on any atom is -0.384 e. The Morgan fingerprint density at radius 1 is 0.974 bits per heavy atom. The molecule has 0 amide bonds. The van der Waals surface area contributed by atoms with Gasteiger partial charge in [-0.2, -0.15) is 5.26 Å². The Balaban J connectivity index is 1.57. The molecule has 4 aromatic rings. The number of Topliss-reactive ketones (excluding diaryl/α,β-unsaturated/α-hetero) is 1. The standard InChI is InChI=1S/C29H25N5O3S/c1-33-23-6-3-2-5-20(23)21-15-17(9-14-24(21)33)27-22(16-30)29(31)34(25-7-4-8-26(35)28(25)27)18-10-12-19(13-11-18)38(32,36)37/h2-3,5-6,9-15,27H,4,7-8,31H2,1H3,(H2,32,36,37)/t27-/m1/s1. The number of anilines is 1. The summed E-state index contributed by atoms with van der Waals surface area (Å²) < 4.78 is 25.7. The third kappa shape index (κ3) is 3.53. The molecule has 38 heavy (non-hydrogen) atoms. The van der Waals surface area contributed by atoms with Gasteiger partial charge in [0, 0.05) is 52.2 Å². The Morgan fingerprint density at radius 2 is 1.68 bits per heavy atom. The highest BCUT2D eigenvalue weighted by molar-refractivity contribution is 7.89. The van der Waals surface area contributed by atoms with Crippen LogP contribution in [0.1, 0.15) is 30.7 Å². The predicted octanol–water partition coefficient (Wildman–Crippen LogP) is 4.28. The first kappa shape index (κ1) is 24.0. The molecule has 3 aromatic carbocycles. The highest BCUT2D eigenvalue weighted by atomic mass is 32.2. The van der Waals surface area contributed by atoms with Gasteiger partial charge in [0.05, 0.1) is 22.5 Å². The number of rotatable bonds is 3. The Hall–Kier alpha value is -4.39. The first-order chi connectivity index (χ1) is 18.2. The number of aromatic nitrogens is 1. The number of hydrogen-bond donors (Lipinski definition) is 2. The number of aryl methyl sites for hydroxylation is 1. The van der Waals surface area contributed by atoms with E-state index in [1.807, 2.05) is 31.3 Å². The van der Waals surface area contributed by atoms with Gasteiger partial charge in [-0.05, 0) is 60.9 Å². The smallest absolute Gasteiger partial charge is 0.238 e. The molecule has 0 unspecified atom stereocenters. The van der Waals surface area contributed by atoms with Crippen LogP contribution in [0.15, 0.2) is 94.3 Å². The van der Waals surface area contributed by atoms with Crippen LogP contribution in [-0.4, -0.2) is 18.8 Å². The average molecular weight is 524 g/mol. The molecule has 0 fully saturated rings. The van der Waals surface area contributed by atoms with Crippen molar-refractivity contribution in [3.05, 3.63) is 95.0 Å². The zero-order valence-electron chi connectivity index (χ0n) is 20.7. The zero-order valence-corrected chi connectivity index (χ0v) is 21.5. The van der Waals surface area contributed by atoms with E-state index in [0.717, 1.165) is 33.1 Å². The lowest BCUT2D eigenvalue weighted by molar-refractivity contribution is -0.116. The van der Waals surface area contributed by atoms with Gasteiger partial charge in [0.25, 0.3) is 0 Å². The van der Waals surface area contributed by atoms with Crippen molar-refractivity contribution in [3.8, 4) is 6.07 Å². The first-order valence-corrected chi connectivity index (χ1v) is 13.8. The monoisotopic (exact) mass is 523 g/mol. The molecule has 0 radical (unpaired) electrons. The topological polar surface area (TPSA) is 135 Å². The summed E-state index contributed by atoms with van der Waals surface area (Å²) >= 11 is 0. The van der Waals surface area contributed by atoms with Crippen LogP contribution in [0.3, 0.4) is 0 Å². The van der Waals surface area contributed by atoms with Crippen LogP contribution in [0.5, 0.6) is 0 Å². The van der Waals surface area contributed by atoms with Crippen molar-refractivity contribution in [2.45, 2.75) is 30.1 Å². The molecule has 1 atom stereocenters. The van der Waals surface area contributed by atoms with E-state index in [-0.39, 0.29) is 22.1 Å². The number of fused-ring (bicyclic) bond motifs is 3.